The Balaban J connectivity index is 1.94. The number of amides is 1. The molecule has 0 radical (unpaired) electrons. The molecule has 1 atom stereocenters. The maximum Gasteiger partial charge on any atom is 0.414 e. The number of para-hydroxylation sites is 1. The minimum Gasteiger partial charge on any atom is -0.507 e. The van der Waals surface area contributed by atoms with Gasteiger partial charge in [-0.25, -0.2) is 9.59 Å². The first-order valence-corrected chi connectivity index (χ1v) is 6.71. The first-order chi connectivity index (χ1) is 11.0. The number of phenols is 1. The minimum absolute atomic E-state index is 0.178. The van der Waals surface area contributed by atoms with Crippen molar-refractivity contribution in [2.45, 2.75) is 13.2 Å². The lowest BCUT2D eigenvalue weighted by atomic mass is 10.2. The summed E-state index contributed by atoms with van der Waals surface area (Å²) in [7, 11) is 0. The van der Waals surface area contributed by atoms with Crippen LogP contribution in [0.2, 0.25) is 0 Å². The lowest BCUT2D eigenvalue weighted by molar-refractivity contribution is -0.0119. The third-order valence-corrected chi connectivity index (χ3v) is 2.79. The first-order valence-electron chi connectivity index (χ1n) is 6.71. The molecule has 0 saturated heterocycles. The van der Waals surface area contributed by atoms with Crippen LogP contribution in [0.15, 0.2) is 48.5 Å². The van der Waals surface area contributed by atoms with E-state index in [-0.39, 0.29) is 11.3 Å². The maximum atomic E-state index is 11.8. The molecule has 2 aromatic carbocycles. The highest BCUT2D eigenvalue weighted by molar-refractivity contribution is 5.93. The normalized spacial score (nSPS) is 11.3. The Kier molecular flexibility index (Phi) is 5.03. The van der Waals surface area contributed by atoms with Crippen LogP contribution in [0, 0.1) is 0 Å². The molecule has 0 fully saturated rings. The average Bonchev–Trinajstić information content (AvgIpc) is 2.49. The van der Waals surface area contributed by atoms with E-state index in [2.05, 4.69) is 5.32 Å². The van der Waals surface area contributed by atoms with Crippen molar-refractivity contribution < 1.29 is 29.3 Å². The monoisotopic (exact) mass is 317 g/mol. The van der Waals surface area contributed by atoms with Gasteiger partial charge >= 0.3 is 12.1 Å². The van der Waals surface area contributed by atoms with E-state index in [0.29, 0.717) is 5.75 Å². The number of carboxylic acids is 1. The number of hydrogen-bond donors (Lipinski definition) is 3. The molecule has 0 aliphatic carbocycles. The first kappa shape index (κ1) is 16.2. The van der Waals surface area contributed by atoms with Crippen molar-refractivity contribution in [3.8, 4) is 11.5 Å². The van der Waals surface area contributed by atoms with Crippen molar-refractivity contribution in [2.24, 2.45) is 0 Å². The number of aromatic carboxylic acids is 1. The molecule has 0 aromatic heterocycles. The van der Waals surface area contributed by atoms with E-state index in [1.807, 2.05) is 6.07 Å². The fourth-order valence-corrected chi connectivity index (χ4v) is 1.80. The van der Waals surface area contributed by atoms with Crippen molar-refractivity contribution in [3.05, 3.63) is 54.1 Å². The molecule has 3 N–H and O–H groups in total. The second-order valence-electron chi connectivity index (χ2n) is 4.57. The molecule has 0 saturated carbocycles. The van der Waals surface area contributed by atoms with Gasteiger partial charge in [0.05, 0.1) is 0 Å². The van der Waals surface area contributed by atoms with Gasteiger partial charge in [-0.15, -0.1) is 0 Å². The number of carbonyl (C=O) groups excluding carboxylic acids is 1. The van der Waals surface area contributed by atoms with Gasteiger partial charge in [0.1, 0.15) is 17.1 Å². The van der Waals surface area contributed by atoms with Gasteiger partial charge in [0.15, 0.2) is 0 Å². The van der Waals surface area contributed by atoms with Crippen LogP contribution in [0.5, 0.6) is 11.5 Å². The quantitative estimate of drug-likeness (QED) is 0.578. The summed E-state index contributed by atoms with van der Waals surface area (Å²) in [6.45, 7) is 1.55. The summed E-state index contributed by atoms with van der Waals surface area (Å²) >= 11 is 0. The highest BCUT2D eigenvalue weighted by Crippen LogP contribution is 2.21. The van der Waals surface area contributed by atoms with Gasteiger partial charge in [0.25, 0.3) is 0 Å². The van der Waals surface area contributed by atoms with Gasteiger partial charge in [0, 0.05) is 12.6 Å². The fraction of sp³-hybridized carbons (Fsp3) is 0.125. The predicted octanol–water partition coefficient (Wildman–Crippen LogP) is 3.06. The number of carbonyl (C=O) groups is 2. The summed E-state index contributed by atoms with van der Waals surface area (Å²) in [6.07, 6.45) is -1.65. The Bertz CT molecular complexity index is 701. The Hall–Kier alpha value is -3.22. The number of rotatable bonds is 5. The number of aromatic hydroxyl groups is 1. The second-order valence-corrected chi connectivity index (χ2v) is 4.57. The van der Waals surface area contributed by atoms with Crippen molar-refractivity contribution in [2.75, 3.05) is 5.32 Å². The number of ether oxygens (including phenoxy) is 2. The minimum atomic E-state index is -1.31. The van der Waals surface area contributed by atoms with Crippen LogP contribution in [-0.4, -0.2) is 28.6 Å². The van der Waals surface area contributed by atoms with E-state index in [9.17, 15) is 14.7 Å². The Morgan fingerprint density at radius 3 is 2.48 bits per heavy atom. The molecule has 1 amide bonds. The fourth-order valence-electron chi connectivity index (χ4n) is 1.80. The van der Waals surface area contributed by atoms with Gasteiger partial charge in [-0.2, -0.15) is 0 Å². The molecular formula is C16H15NO6. The van der Waals surface area contributed by atoms with Crippen LogP contribution in [0.25, 0.3) is 0 Å². The lowest BCUT2D eigenvalue weighted by Gasteiger charge is -2.15. The van der Waals surface area contributed by atoms with E-state index >= 15 is 0 Å². The molecular weight excluding hydrogens is 302 g/mol. The molecule has 7 heteroatoms. The molecule has 1 unspecified atom stereocenters. The van der Waals surface area contributed by atoms with Crippen molar-refractivity contribution in [1.29, 1.82) is 0 Å². The van der Waals surface area contributed by atoms with Crippen molar-refractivity contribution >= 4 is 17.7 Å². The molecule has 0 spiro atoms. The molecule has 7 nitrogen and oxygen atoms in total. The summed E-state index contributed by atoms with van der Waals surface area (Å²) in [4.78, 5) is 22.7. The second kappa shape index (κ2) is 7.17. The van der Waals surface area contributed by atoms with Crippen LogP contribution in [0.3, 0.4) is 0 Å². The summed E-state index contributed by atoms with van der Waals surface area (Å²) in [5.41, 5.74) is -0.145. The Morgan fingerprint density at radius 1 is 1.13 bits per heavy atom. The van der Waals surface area contributed by atoms with Gasteiger partial charge in [-0.05, 0) is 30.3 Å². The Morgan fingerprint density at radius 2 is 1.83 bits per heavy atom. The number of hydrogen-bond acceptors (Lipinski definition) is 5. The largest absolute Gasteiger partial charge is 0.507 e. The lowest BCUT2D eigenvalue weighted by Crippen LogP contribution is -2.24. The zero-order valence-corrected chi connectivity index (χ0v) is 12.2. The van der Waals surface area contributed by atoms with Crippen LogP contribution < -0.4 is 10.1 Å². The zero-order valence-electron chi connectivity index (χ0n) is 12.2. The molecule has 23 heavy (non-hydrogen) atoms. The number of benzene rings is 2. The third-order valence-electron chi connectivity index (χ3n) is 2.79. The topological polar surface area (TPSA) is 105 Å². The van der Waals surface area contributed by atoms with Crippen LogP contribution in [0.1, 0.15) is 17.3 Å². The summed E-state index contributed by atoms with van der Waals surface area (Å²) in [5.74, 6) is -1.15. The van der Waals surface area contributed by atoms with E-state index in [1.54, 1.807) is 31.2 Å². The molecule has 120 valence electrons. The zero-order chi connectivity index (χ0) is 16.8. The van der Waals surface area contributed by atoms with Gasteiger partial charge in [-0.3, -0.25) is 5.32 Å². The number of anilines is 1. The summed E-state index contributed by atoms with van der Waals surface area (Å²) in [6, 6.07) is 12.5. The number of carboxylic acid groups (broad SMARTS) is 1. The smallest absolute Gasteiger partial charge is 0.414 e. The summed E-state index contributed by atoms with van der Waals surface area (Å²) in [5, 5.41) is 20.7. The standard InChI is InChI=1S/C16H15NO6/c1-10(22-12-5-3-2-4-6-12)23-16(21)17-11-7-8-14(18)13(9-11)15(19)20/h2-10,18H,1H3,(H,17,21)(H,19,20). The maximum absolute atomic E-state index is 11.8. The van der Waals surface area contributed by atoms with Crippen LogP contribution in [-0.2, 0) is 4.74 Å². The number of nitrogens with one attached hydrogen (secondary N) is 1. The van der Waals surface area contributed by atoms with Crippen molar-refractivity contribution in [3.63, 3.8) is 0 Å². The van der Waals surface area contributed by atoms with Crippen LogP contribution in [0.4, 0.5) is 10.5 Å². The van der Waals surface area contributed by atoms with Crippen molar-refractivity contribution in [1.82, 2.24) is 0 Å². The van der Waals surface area contributed by atoms with E-state index < -0.39 is 24.1 Å². The molecule has 2 aromatic rings. The predicted molar refractivity (Wildman–Crippen MR) is 81.7 cm³/mol. The molecule has 0 aliphatic rings. The SMILES string of the molecule is CC(OC(=O)Nc1ccc(O)c(C(=O)O)c1)Oc1ccccc1. The van der Waals surface area contributed by atoms with Gasteiger partial charge in [-0.1, -0.05) is 18.2 Å². The third kappa shape index (κ3) is 4.63. The van der Waals surface area contributed by atoms with E-state index in [0.717, 1.165) is 6.07 Å². The average molecular weight is 317 g/mol. The molecule has 0 bridgehead atoms. The van der Waals surface area contributed by atoms with Crippen LogP contribution >= 0.6 is 0 Å². The van der Waals surface area contributed by atoms with E-state index in [4.69, 9.17) is 14.6 Å². The summed E-state index contributed by atoms with van der Waals surface area (Å²) < 4.78 is 10.4. The Labute approximate surface area is 132 Å². The van der Waals surface area contributed by atoms with E-state index in [1.165, 1.54) is 12.1 Å². The highest BCUT2D eigenvalue weighted by atomic mass is 16.7. The van der Waals surface area contributed by atoms with Gasteiger partial charge < -0.3 is 19.7 Å². The molecule has 0 aliphatic heterocycles. The molecule has 0 heterocycles. The molecule has 2 rings (SSSR count). The highest BCUT2D eigenvalue weighted by Gasteiger charge is 2.14. The van der Waals surface area contributed by atoms with Gasteiger partial charge in [0.2, 0.25) is 6.29 Å².